The highest BCUT2D eigenvalue weighted by molar-refractivity contribution is 5.96. The number of ether oxygens (including phenoxy) is 2. The second-order valence-corrected chi connectivity index (χ2v) is 7.46. The Morgan fingerprint density at radius 1 is 1.20 bits per heavy atom. The number of nitrogens with zero attached hydrogens (tertiary/aromatic N) is 4. The number of benzene rings is 1. The van der Waals surface area contributed by atoms with E-state index in [0.29, 0.717) is 24.5 Å². The molecule has 0 atom stereocenters. The van der Waals surface area contributed by atoms with Crippen molar-refractivity contribution in [3.63, 3.8) is 0 Å². The molecule has 4 aromatic rings. The van der Waals surface area contributed by atoms with Gasteiger partial charge >= 0.3 is 0 Å². The molecule has 1 saturated heterocycles. The van der Waals surface area contributed by atoms with Crippen LogP contribution in [0.15, 0.2) is 48.9 Å². The highest BCUT2D eigenvalue weighted by Crippen LogP contribution is 2.33. The number of H-pyrrole nitrogens is 1. The topological polar surface area (TPSA) is 88.8 Å². The highest BCUT2D eigenvalue weighted by Gasteiger charge is 2.18. The summed E-state index contributed by atoms with van der Waals surface area (Å²) in [5, 5.41) is 14.9. The number of nitrogens with one attached hydrogen (secondary N) is 1. The Hall–Kier alpha value is -3.63. The van der Waals surface area contributed by atoms with E-state index in [1.54, 1.807) is 10.9 Å². The molecule has 7 nitrogen and oxygen atoms in total. The number of nitriles is 1. The molecular weight excluding hydrogens is 378 g/mol. The molecule has 0 spiro atoms. The van der Waals surface area contributed by atoms with Gasteiger partial charge in [0.2, 0.25) is 0 Å². The quantitative estimate of drug-likeness (QED) is 0.559. The largest absolute Gasteiger partial charge is 0.489 e. The Morgan fingerprint density at radius 2 is 2.07 bits per heavy atom. The fraction of sp³-hybridized carbons (Fsp3) is 0.261. The summed E-state index contributed by atoms with van der Waals surface area (Å²) >= 11 is 0. The van der Waals surface area contributed by atoms with Crippen molar-refractivity contribution in [1.29, 1.82) is 5.26 Å². The van der Waals surface area contributed by atoms with E-state index in [4.69, 9.17) is 9.47 Å². The summed E-state index contributed by atoms with van der Waals surface area (Å²) in [6.45, 7) is 1.40. The van der Waals surface area contributed by atoms with E-state index in [2.05, 4.69) is 27.2 Å². The third kappa shape index (κ3) is 3.42. The zero-order valence-corrected chi connectivity index (χ0v) is 16.6. The van der Waals surface area contributed by atoms with Crippen LogP contribution in [0.25, 0.3) is 33.4 Å². The van der Waals surface area contributed by atoms with Gasteiger partial charge in [-0.1, -0.05) is 0 Å². The van der Waals surface area contributed by atoms with Gasteiger partial charge < -0.3 is 14.5 Å². The van der Waals surface area contributed by atoms with Gasteiger partial charge in [0, 0.05) is 60.0 Å². The Balaban J connectivity index is 1.51. The standard InChI is InChI=1S/C23H21N5O2/c1-28-14-17(13-26-28)21-11-19-20(27-21)4-7-25-23(19)15-2-3-22(16(10-15)12-24)30-18-5-8-29-9-6-18/h2-4,7,10-11,13-14,18,27H,5-6,8-9H2,1H3. The maximum Gasteiger partial charge on any atom is 0.137 e. The van der Waals surface area contributed by atoms with Crippen LogP contribution in [0, 0.1) is 11.3 Å². The molecule has 0 radical (unpaired) electrons. The monoisotopic (exact) mass is 399 g/mol. The predicted octanol–water partition coefficient (Wildman–Crippen LogP) is 4.06. The third-order valence-corrected chi connectivity index (χ3v) is 5.40. The average Bonchev–Trinajstić information content (AvgIpc) is 3.40. The zero-order valence-electron chi connectivity index (χ0n) is 16.6. The predicted molar refractivity (Wildman–Crippen MR) is 113 cm³/mol. The minimum absolute atomic E-state index is 0.0879. The molecule has 1 aliphatic rings. The van der Waals surface area contributed by atoms with Crippen LogP contribution in [0.5, 0.6) is 5.75 Å². The van der Waals surface area contributed by atoms with Crippen molar-refractivity contribution in [1.82, 2.24) is 19.7 Å². The van der Waals surface area contributed by atoms with Gasteiger partial charge in [0.05, 0.1) is 30.7 Å². The van der Waals surface area contributed by atoms with Gasteiger partial charge in [-0.3, -0.25) is 9.67 Å². The third-order valence-electron chi connectivity index (χ3n) is 5.40. The SMILES string of the molecule is Cn1cc(-c2cc3c(-c4ccc(OC5CCOCC5)c(C#N)c4)nccc3[nH]2)cn1. The second-order valence-electron chi connectivity index (χ2n) is 7.46. The number of hydrogen-bond acceptors (Lipinski definition) is 5. The van der Waals surface area contributed by atoms with Gasteiger partial charge in [0.1, 0.15) is 17.9 Å². The number of pyridine rings is 1. The molecule has 1 aliphatic heterocycles. The summed E-state index contributed by atoms with van der Waals surface area (Å²) in [7, 11) is 1.90. The van der Waals surface area contributed by atoms with Gasteiger partial charge in [0.15, 0.2) is 0 Å². The minimum atomic E-state index is 0.0879. The molecule has 0 saturated carbocycles. The molecule has 150 valence electrons. The van der Waals surface area contributed by atoms with Crippen LogP contribution in [0.3, 0.4) is 0 Å². The number of aromatic nitrogens is 4. The van der Waals surface area contributed by atoms with Crippen molar-refractivity contribution in [3.8, 4) is 34.3 Å². The van der Waals surface area contributed by atoms with E-state index in [1.165, 1.54) is 0 Å². The van der Waals surface area contributed by atoms with Crippen LogP contribution >= 0.6 is 0 Å². The molecule has 4 heterocycles. The fourth-order valence-electron chi connectivity index (χ4n) is 3.84. The molecule has 30 heavy (non-hydrogen) atoms. The van der Waals surface area contributed by atoms with Crippen LogP contribution in [0.1, 0.15) is 18.4 Å². The van der Waals surface area contributed by atoms with Gasteiger partial charge in [0.25, 0.3) is 0 Å². The van der Waals surface area contributed by atoms with Crippen molar-refractivity contribution in [2.24, 2.45) is 7.05 Å². The second kappa shape index (κ2) is 7.65. The lowest BCUT2D eigenvalue weighted by Crippen LogP contribution is -2.26. The molecule has 3 aromatic heterocycles. The first kappa shape index (κ1) is 18.4. The number of aryl methyl sites for hydroxylation is 1. The summed E-state index contributed by atoms with van der Waals surface area (Å²) in [5.41, 5.74) is 5.20. The van der Waals surface area contributed by atoms with Gasteiger partial charge in [-0.15, -0.1) is 0 Å². The van der Waals surface area contributed by atoms with E-state index < -0.39 is 0 Å². The lowest BCUT2D eigenvalue weighted by Gasteiger charge is -2.23. The maximum absolute atomic E-state index is 9.70. The van der Waals surface area contributed by atoms with Crippen molar-refractivity contribution in [2.75, 3.05) is 13.2 Å². The van der Waals surface area contributed by atoms with E-state index >= 15 is 0 Å². The fourth-order valence-corrected chi connectivity index (χ4v) is 3.84. The van der Waals surface area contributed by atoms with Crippen LogP contribution in [0.2, 0.25) is 0 Å². The van der Waals surface area contributed by atoms with Crippen LogP contribution in [0.4, 0.5) is 0 Å². The van der Waals surface area contributed by atoms with Crippen molar-refractivity contribution in [3.05, 3.63) is 54.5 Å². The molecule has 0 amide bonds. The average molecular weight is 399 g/mol. The zero-order chi connectivity index (χ0) is 20.5. The van der Waals surface area contributed by atoms with E-state index in [9.17, 15) is 5.26 Å². The van der Waals surface area contributed by atoms with Crippen LogP contribution in [-0.4, -0.2) is 39.1 Å². The van der Waals surface area contributed by atoms with Gasteiger partial charge in [-0.2, -0.15) is 10.4 Å². The maximum atomic E-state index is 9.70. The highest BCUT2D eigenvalue weighted by atomic mass is 16.5. The molecular formula is C23H21N5O2. The lowest BCUT2D eigenvalue weighted by molar-refractivity contribution is 0.0254. The summed E-state index contributed by atoms with van der Waals surface area (Å²) < 4.78 is 13.2. The van der Waals surface area contributed by atoms with Crippen LogP contribution in [-0.2, 0) is 11.8 Å². The van der Waals surface area contributed by atoms with E-state index in [-0.39, 0.29) is 6.10 Å². The number of fused-ring (bicyclic) bond motifs is 1. The minimum Gasteiger partial charge on any atom is -0.489 e. The number of rotatable bonds is 4. The van der Waals surface area contributed by atoms with Crippen molar-refractivity contribution >= 4 is 10.9 Å². The molecule has 1 aromatic carbocycles. The smallest absolute Gasteiger partial charge is 0.137 e. The van der Waals surface area contributed by atoms with E-state index in [0.717, 1.165) is 46.3 Å². The number of aromatic amines is 1. The summed E-state index contributed by atoms with van der Waals surface area (Å²) in [5.74, 6) is 0.616. The van der Waals surface area contributed by atoms with Gasteiger partial charge in [-0.05, 0) is 30.3 Å². The lowest BCUT2D eigenvalue weighted by atomic mass is 10.0. The molecule has 1 fully saturated rings. The summed E-state index contributed by atoms with van der Waals surface area (Å²) in [6.07, 6.45) is 7.34. The Labute approximate surface area is 173 Å². The van der Waals surface area contributed by atoms with Crippen molar-refractivity contribution < 1.29 is 9.47 Å². The first-order valence-electron chi connectivity index (χ1n) is 9.97. The van der Waals surface area contributed by atoms with E-state index in [1.807, 2.05) is 43.7 Å². The molecule has 0 bridgehead atoms. The van der Waals surface area contributed by atoms with Gasteiger partial charge in [-0.25, -0.2) is 0 Å². The Bertz CT molecular complexity index is 1240. The molecule has 0 aliphatic carbocycles. The number of hydrogen-bond donors (Lipinski definition) is 1. The summed E-state index contributed by atoms with van der Waals surface area (Å²) in [4.78, 5) is 8.04. The Kier molecular flexibility index (Phi) is 4.69. The van der Waals surface area contributed by atoms with Crippen LogP contribution < -0.4 is 4.74 Å². The van der Waals surface area contributed by atoms with Crippen molar-refractivity contribution in [2.45, 2.75) is 18.9 Å². The molecule has 0 unspecified atom stereocenters. The normalized spacial score (nSPS) is 14.7. The molecule has 1 N–H and O–H groups in total. The first-order chi connectivity index (χ1) is 14.7. The molecule has 5 rings (SSSR count). The summed E-state index contributed by atoms with van der Waals surface area (Å²) in [6, 6.07) is 12.0. The first-order valence-corrected chi connectivity index (χ1v) is 9.97. The molecule has 7 heteroatoms. The Morgan fingerprint density at radius 3 is 2.83 bits per heavy atom.